The maximum absolute atomic E-state index is 11.4. The van der Waals surface area contributed by atoms with Crippen LogP contribution in [0.2, 0.25) is 0 Å². The van der Waals surface area contributed by atoms with Gasteiger partial charge in [0, 0.05) is 18.8 Å². The summed E-state index contributed by atoms with van der Waals surface area (Å²) in [4.78, 5) is 22.5. The second-order valence-corrected chi connectivity index (χ2v) is 7.26. The van der Waals surface area contributed by atoms with Crippen LogP contribution in [0.1, 0.15) is 26.2 Å². The standard InChI is InChI=1S/C11H20N2O5S/c1-2-19(17,18)7-6-12-10(16)13-8-11(9(14)15)4-3-5-11/h2-8H2,1H3,(H,14,15)(H2,12,13,16). The van der Waals surface area contributed by atoms with Crippen molar-refractivity contribution in [1.29, 1.82) is 0 Å². The Balaban J connectivity index is 2.27. The van der Waals surface area contributed by atoms with Crippen LogP contribution in [0.4, 0.5) is 4.79 Å². The summed E-state index contributed by atoms with van der Waals surface area (Å²) in [6, 6.07) is -0.529. The van der Waals surface area contributed by atoms with Crippen LogP contribution in [-0.2, 0) is 14.6 Å². The third kappa shape index (κ3) is 4.38. The molecule has 0 radical (unpaired) electrons. The van der Waals surface area contributed by atoms with Crippen LogP contribution < -0.4 is 10.6 Å². The summed E-state index contributed by atoms with van der Waals surface area (Å²) < 4.78 is 22.4. The van der Waals surface area contributed by atoms with Crippen molar-refractivity contribution < 1.29 is 23.1 Å². The van der Waals surface area contributed by atoms with Crippen molar-refractivity contribution in [3.63, 3.8) is 0 Å². The molecule has 3 N–H and O–H groups in total. The molecule has 0 spiro atoms. The minimum Gasteiger partial charge on any atom is -0.481 e. The molecule has 1 rings (SSSR count). The molecule has 8 heteroatoms. The topological polar surface area (TPSA) is 113 Å². The van der Waals surface area contributed by atoms with Gasteiger partial charge >= 0.3 is 12.0 Å². The SMILES string of the molecule is CCS(=O)(=O)CCNC(=O)NCC1(C(=O)O)CCC1. The van der Waals surface area contributed by atoms with Gasteiger partial charge in [0.15, 0.2) is 9.84 Å². The monoisotopic (exact) mass is 292 g/mol. The highest BCUT2D eigenvalue weighted by Crippen LogP contribution is 2.40. The molecular weight excluding hydrogens is 272 g/mol. The number of hydrogen-bond acceptors (Lipinski definition) is 4. The Morgan fingerprint density at radius 1 is 1.26 bits per heavy atom. The Kier molecular flexibility index (Phi) is 5.16. The third-order valence-corrected chi connectivity index (χ3v) is 5.20. The maximum Gasteiger partial charge on any atom is 0.314 e. The first kappa shape index (κ1) is 15.7. The van der Waals surface area contributed by atoms with Crippen LogP contribution >= 0.6 is 0 Å². The van der Waals surface area contributed by atoms with Gasteiger partial charge in [-0.05, 0) is 12.8 Å². The first-order valence-electron chi connectivity index (χ1n) is 6.27. The zero-order chi connectivity index (χ0) is 14.5. The lowest BCUT2D eigenvalue weighted by atomic mass is 9.69. The number of carbonyl (C=O) groups excluding carboxylic acids is 1. The highest BCUT2D eigenvalue weighted by atomic mass is 32.2. The number of hydrogen-bond donors (Lipinski definition) is 3. The molecule has 1 aliphatic carbocycles. The fraction of sp³-hybridized carbons (Fsp3) is 0.818. The lowest BCUT2D eigenvalue weighted by molar-refractivity contribution is -0.153. The predicted molar refractivity (Wildman–Crippen MR) is 69.6 cm³/mol. The molecule has 1 aliphatic rings. The fourth-order valence-corrected chi connectivity index (χ4v) is 2.55. The second-order valence-electron chi connectivity index (χ2n) is 4.78. The summed E-state index contributed by atoms with van der Waals surface area (Å²) in [7, 11) is -3.10. The van der Waals surface area contributed by atoms with Crippen LogP contribution in [0, 0.1) is 5.41 Å². The minimum atomic E-state index is -3.10. The number of urea groups is 1. The van der Waals surface area contributed by atoms with Crippen molar-refractivity contribution >= 4 is 21.8 Å². The Bertz CT molecular complexity index is 442. The lowest BCUT2D eigenvalue weighted by Crippen LogP contribution is -2.50. The van der Waals surface area contributed by atoms with Gasteiger partial charge in [-0.1, -0.05) is 13.3 Å². The van der Waals surface area contributed by atoms with E-state index in [1.165, 1.54) is 0 Å². The highest BCUT2D eigenvalue weighted by molar-refractivity contribution is 7.91. The van der Waals surface area contributed by atoms with E-state index in [4.69, 9.17) is 5.11 Å². The molecule has 0 aromatic carbocycles. The van der Waals surface area contributed by atoms with Crippen LogP contribution in [0.3, 0.4) is 0 Å². The summed E-state index contributed by atoms with van der Waals surface area (Å²) >= 11 is 0. The van der Waals surface area contributed by atoms with Gasteiger partial charge in [0.05, 0.1) is 11.2 Å². The number of sulfone groups is 1. The van der Waals surface area contributed by atoms with Crippen molar-refractivity contribution in [1.82, 2.24) is 10.6 Å². The van der Waals surface area contributed by atoms with Gasteiger partial charge in [0.1, 0.15) is 0 Å². The number of nitrogens with one attached hydrogen (secondary N) is 2. The first-order valence-corrected chi connectivity index (χ1v) is 8.09. The number of carbonyl (C=O) groups is 2. The van der Waals surface area contributed by atoms with Crippen molar-refractivity contribution in [2.75, 3.05) is 24.6 Å². The fourth-order valence-electron chi connectivity index (χ4n) is 1.85. The summed E-state index contributed by atoms with van der Waals surface area (Å²) in [6.45, 7) is 1.65. The molecule has 0 saturated heterocycles. The first-order chi connectivity index (χ1) is 8.81. The minimum absolute atomic E-state index is 0.0298. The molecule has 0 unspecified atom stereocenters. The number of aliphatic carboxylic acids is 1. The Labute approximate surface area is 112 Å². The highest BCUT2D eigenvalue weighted by Gasteiger charge is 2.44. The van der Waals surface area contributed by atoms with E-state index in [0.717, 1.165) is 6.42 Å². The van der Waals surface area contributed by atoms with E-state index in [1.54, 1.807) is 6.92 Å². The lowest BCUT2D eigenvalue weighted by Gasteiger charge is -2.37. The average Bonchev–Trinajstić information content (AvgIpc) is 2.27. The van der Waals surface area contributed by atoms with Gasteiger partial charge in [-0.15, -0.1) is 0 Å². The summed E-state index contributed by atoms with van der Waals surface area (Å²) in [5.74, 6) is -0.966. The summed E-state index contributed by atoms with van der Waals surface area (Å²) in [5.41, 5.74) is -0.840. The van der Waals surface area contributed by atoms with Crippen molar-refractivity contribution in [3.05, 3.63) is 0 Å². The predicted octanol–water partition coefficient (Wildman–Crippen LogP) is -0.0248. The van der Waals surface area contributed by atoms with Crippen molar-refractivity contribution in [3.8, 4) is 0 Å². The maximum atomic E-state index is 11.4. The van der Waals surface area contributed by atoms with E-state index in [2.05, 4.69) is 10.6 Å². The normalized spacial score (nSPS) is 17.3. The zero-order valence-corrected chi connectivity index (χ0v) is 11.8. The number of amides is 2. The number of rotatable bonds is 7. The van der Waals surface area contributed by atoms with Crippen LogP contribution in [-0.4, -0.2) is 50.1 Å². The van der Waals surface area contributed by atoms with E-state index in [1.807, 2.05) is 0 Å². The van der Waals surface area contributed by atoms with Crippen molar-refractivity contribution in [2.45, 2.75) is 26.2 Å². The van der Waals surface area contributed by atoms with Crippen LogP contribution in [0.15, 0.2) is 0 Å². The number of carboxylic acid groups (broad SMARTS) is 1. The molecule has 19 heavy (non-hydrogen) atoms. The largest absolute Gasteiger partial charge is 0.481 e. The quantitative estimate of drug-likeness (QED) is 0.610. The molecule has 1 fully saturated rings. The molecule has 1 saturated carbocycles. The van der Waals surface area contributed by atoms with E-state index < -0.39 is 27.3 Å². The molecule has 0 heterocycles. The molecule has 0 aromatic rings. The molecule has 0 atom stereocenters. The van der Waals surface area contributed by atoms with E-state index in [-0.39, 0.29) is 24.6 Å². The molecular formula is C11H20N2O5S. The van der Waals surface area contributed by atoms with Gasteiger partial charge in [-0.3, -0.25) is 4.79 Å². The van der Waals surface area contributed by atoms with Gasteiger partial charge in [0.2, 0.25) is 0 Å². The average molecular weight is 292 g/mol. The van der Waals surface area contributed by atoms with Gasteiger partial charge < -0.3 is 15.7 Å². The number of carboxylic acids is 1. The third-order valence-electron chi connectivity index (χ3n) is 3.49. The van der Waals surface area contributed by atoms with E-state index >= 15 is 0 Å². The van der Waals surface area contributed by atoms with Crippen LogP contribution in [0.25, 0.3) is 0 Å². The zero-order valence-electron chi connectivity index (χ0n) is 10.9. The molecule has 0 aromatic heterocycles. The van der Waals surface area contributed by atoms with Crippen LogP contribution in [0.5, 0.6) is 0 Å². The van der Waals surface area contributed by atoms with Gasteiger partial charge in [-0.25, -0.2) is 13.2 Å². The van der Waals surface area contributed by atoms with E-state index in [0.29, 0.717) is 12.8 Å². The smallest absolute Gasteiger partial charge is 0.314 e. The van der Waals surface area contributed by atoms with Crippen molar-refractivity contribution in [2.24, 2.45) is 5.41 Å². The molecule has 110 valence electrons. The second kappa shape index (κ2) is 6.23. The van der Waals surface area contributed by atoms with Gasteiger partial charge in [-0.2, -0.15) is 0 Å². The summed E-state index contributed by atoms with van der Waals surface area (Å²) in [6.07, 6.45) is 1.98. The Morgan fingerprint density at radius 3 is 2.32 bits per heavy atom. The molecule has 2 amide bonds. The Morgan fingerprint density at radius 2 is 1.89 bits per heavy atom. The van der Waals surface area contributed by atoms with Gasteiger partial charge in [0.25, 0.3) is 0 Å². The molecule has 0 aliphatic heterocycles. The summed E-state index contributed by atoms with van der Waals surface area (Å²) in [5, 5.41) is 14.0. The Hall–Kier alpha value is -1.31. The molecule has 0 bridgehead atoms. The van der Waals surface area contributed by atoms with E-state index in [9.17, 15) is 18.0 Å². The molecule has 7 nitrogen and oxygen atoms in total.